The van der Waals surface area contributed by atoms with Crippen molar-refractivity contribution in [3.05, 3.63) is 36.0 Å². The first-order valence-corrected chi connectivity index (χ1v) is 5.08. The van der Waals surface area contributed by atoms with E-state index in [9.17, 15) is 0 Å². The van der Waals surface area contributed by atoms with Crippen LogP contribution < -0.4 is 11.1 Å². The number of nitriles is 1. The van der Waals surface area contributed by atoms with Gasteiger partial charge in [-0.3, -0.25) is 0 Å². The van der Waals surface area contributed by atoms with Crippen molar-refractivity contribution in [3.63, 3.8) is 0 Å². The van der Waals surface area contributed by atoms with Gasteiger partial charge in [-0.1, -0.05) is 5.16 Å². The molecule has 3 N–H and O–H groups in total. The molecule has 6 nitrogen and oxygen atoms in total. The number of hydrogen-bond donors (Lipinski definition) is 2. The maximum absolute atomic E-state index is 8.73. The smallest absolute Gasteiger partial charge is 0.228 e. The first-order valence-electron chi connectivity index (χ1n) is 5.08. The Morgan fingerprint density at radius 2 is 2.35 bits per heavy atom. The third-order valence-electron chi connectivity index (χ3n) is 2.25. The Labute approximate surface area is 98.1 Å². The molecule has 0 atom stereocenters. The summed E-state index contributed by atoms with van der Waals surface area (Å²) in [6, 6.07) is 7.24. The van der Waals surface area contributed by atoms with Gasteiger partial charge in [-0.05, 0) is 18.2 Å². The zero-order chi connectivity index (χ0) is 12.1. The molecule has 86 valence electrons. The van der Waals surface area contributed by atoms with Gasteiger partial charge in [-0.15, -0.1) is 0 Å². The molecule has 17 heavy (non-hydrogen) atoms. The lowest BCUT2D eigenvalue weighted by Gasteiger charge is -2.06. The molecule has 6 heteroatoms. The van der Waals surface area contributed by atoms with Gasteiger partial charge in [0.2, 0.25) is 5.89 Å². The van der Waals surface area contributed by atoms with E-state index >= 15 is 0 Å². The third-order valence-corrected chi connectivity index (χ3v) is 2.25. The van der Waals surface area contributed by atoms with Crippen LogP contribution in [0.25, 0.3) is 0 Å². The second-order valence-corrected chi connectivity index (χ2v) is 3.43. The van der Waals surface area contributed by atoms with E-state index in [4.69, 9.17) is 15.5 Å². The monoisotopic (exact) mass is 229 g/mol. The lowest BCUT2D eigenvalue weighted by atomic mass is 10.2. The largest absolute Gasteiger partial charge is 0.398 e. The number of rotatable bonds is 4. The van der Waals surface area contributed by atoms with Gasteiger partial charge in [0.25, 0.3) is 0 Å². The van der Waals surface area contributed by atoms with Crippen molar-refractivity contribution in [1.29, 1.82) is 5.26 Å². The summed E-state index contributed by atoms with van der Waals surface area (Å²) in [4.78, 5) is 3.91. The summed E-state index contributed by atoms with van der Waals surface area (Å²) in [6.45, 7) is 0.660. The van der Waals surface area contributed by atoms with Crippen LogP contribution in [0.4, 0.5) is 11.4 Å². The molecule has 1 aromatic carbocycles. The Hall–Kier alpha value is -2.55. The molecular weight excluding hydrogens is 218 g/mol. The van der Waals surface area contributed by atoms with Crippen molar-refractivity contribution in [2.45, 2.75) is 6.42 Å². The van der Waals surface area contributed by atoms with Crippen LogP contribution in [0.3, 0.4) is 0 Å². The summed E-state index contributed by atoms with van der Waals surface area (Å²) in [6.07, 6.45) is 2.01. The zero-order valence-electron chi connectivity index (χ0n) is 9.05. The van der Waals surface area contributed by atoms with Crippen LogP contribution >= 0.6 is 0 Å². The van der Waals surface area contributed by atoms with Gasteiger partial charge >= 0.3 is 0 Å². The summed E-state index contributed by atoms with van der Waals surface area (Å²) in [5.41, 5.74) is 7.50. The number of aromatic nitrogens is 2. The van der Waals surface area contributed by atoms with Gasteiger partial charge in [0.05, 0.1) is 11.3 Å². The van der Waals surface area contributed by atoms with Gasteiger partial charge in [0.1, 0.15) is 6.07 Å². The van der Waals surface area contributed by atoms with Crippen molar-refractivity contribution in [1.82, 2.24) is 10.1 Å². The van der Waals surface area contributed by atoms with Gasteiger partial charge in [0, 0.05) is 18.7 Å². The highest BCUT2D eigenvalue weighted by Crippen LogP contribution is 2.16. The Morgan fingerprint density at radius 1 is 1.47 bits per heavy atom. The van der Waals surface area contributed by atoms with Crippen molar-refractivity contribution in [2.24, 2.45) is 0 Å². The molecule has 0 saturated heterocycles. The first-order chi connectivity index (χ1) is 8.29. The third kappa shape index (κ3) is 2.72. The van der Waals surface area contributed by atoms with Crippen molar-refractivity contribution >= 4 is 11.4 Å². The second kappa shape index (κ2) is 4.99. The SMILES string of the molecule is N#Cc1ccc(NCCc2ncno2)cc1N. The minimum Gasteiger partial charge on any atom is -0.398 e. The molecule has 0 saturated carbocycles. The number of nitrogens with one attached hydrogen (secondary N) is 1. The molecule has 0 spiro atoms. The van der Waals surface area contributed by atoms with Crippen LogP contribution in [-0.4, -0.2) is 16.7 Å². The second-order valence-electron chi connectivity index (χ2n) is 3.43. The fourth-order valence-electron chi connectivity index (χ4n) is 1.39. The van der Waals surface area contributed by atoms with Crippen LogP contribution in [0.2, 0.25) is 0 Å². The highest BCUT2D eigenvalue weighted by Gasteiger charge is 2.01. The van der Waals surface area contributed by atoms with Crippen molar-refractivity contribution in [3.8, 4) is 6.07 Å². The predicted molar refractivity (Wildman–Crippen MR) is 62.1 cm³/mol. The number of nitrogens with zero attached hydrogens (tertiary/aromatic N) is 3. The number of benzene rings is 1. The van der Waals surface area contributed by atoms with Crippen LogP contribution in [0.15, 0.2) is 29.0 Å². The molecule has 1 aromatic heterocycles. The molecule has 0 unspecified atom stereocenters. The molecule has 0 aliphatic heterocycles. The van der Waals surface area contributed by atoms with Crippen LogP contribution in [0.1, 0.15) is 11.5 Å². The summed E-state index contributed by atoms with van der Waals surface area (Å²) < 4.78 is 4.86. The number of anilines is 2. The fourth-order valence-corrected chi connectivity index (χ4v) is 1.39. The maximum Gasteiger partial charge on any atom is 0.228 e. The van der Waals surface area contributed by atoms with Crippen LogP contribution in [-0.2, 0) is 6.42 Å². The number of hydrogen-bond acceptors (Lipinski definition) is 6. The summed E-state index contributed by atoms with van der Waals surface area (Å²) >= 11 is 0. The van der Waals surface area contributed by atoms with E-state index in [0.29, 0.717) is 30.1 Å². The molecule has 2 aromatic rings. The molecule has 1 heterocycles. The Bertz CT molecular complexity index is 529. The average molecular weight is 229 g/mol. The normalized spacial score (nSPS) is 9.82. The Morgan fingerprint density at radius 3 is 3.00 bits per heavy atom. The Balaban J connectivity index is 1.91. The van der Waals surface area contributed by atoms with E-state index in [0.717, 1.165) is 5.69 Å². The van der Waals surface area contributed by atoms with Crippen molar-refractivity contribution < 1.29 is 4.52 Å². The highest BCUT2D eigenvalue weighted by molar-refractivity contribution is 5.62. The maximum atomic E-state index is 8.73. The lowest BCUT2D eigenvalue weighted by molar-refractivity contribution is 0.380. The van der Waals surface area contributed by atoms with Gasteiger partial charge in [-0.2, -0.15) is 10.2 Å². The van der Waals surface area contributed by atoms with E-state index in [1.54, 1.807) is 12.1 Å². The lowest BCUT2D eigenvalue weighted by Crippen LogP contribution is -2.05. The standard InChI is InChI=1S/C11H11N5O/c12-6-8-1-2-9(5-10(8)13)14-4-3-11-15-7-16-17-11/h1-2,5,7,14H,3-4,13H2. The molecule has 0 radical (unpaired) electrons. The summed E-state index contributed by atoms with van der Waals surface area (Å²) in [5, 5.41) is 15.4. The van der Waals surface area contributed by atoms with Gasteiger partial charge in [-0.25, -0.2) is 0 Å². The molecular formula is C11H11N5O. The van der Waals surface area contributed by atoms with E-state index in [2.05, 4.69) is 15.5 Å². The minimum atomic E-state index is 0.468. The van der Waals surface area contributed by atoms with E-state index < -0.39 is 0 Å². The molecule has 0 fully saturated rings. The fraction of sp³-hybridized carbons (Fsp3) is 0.182. The van der Waals surface area contributed by atoms with E-state index in [-0.39, 0.29) is 0 Å². The number of nitrogens with two attached hydrogens (primary N) is 1. The average Bonchev–Trinajstić information content (AvgIpc) is 2.82. The molecule has 0 aliphatic rings. The zero-order valence-corrected chi connectivity index (χ0v) is 9.05. The van der Waals surface area contributed by atoms with Crippen molar-refractivity contribution in [2.75, 3.05) is 17.6 Å². The quantitative estimate of drug-likeness (QED) is 0.763. The minimum absolute atomic E-state index is 0.468. The molecule has 0 amide bonds. The van der Waals surface area contributed by atoms with Gasteiger partial charge < -0.3 is 15.6 Å². The summed E-state index contributed by atoms with van der Waals surface area (Å²) in [7, 11) is 0. The Kier molecular flexibility index (Phi) is 3.21. The van der Waals surface area contributed by atoms with E-state index in [1.165, 1.54) is 6.33 Å². The highest BCUT2D eigenvalue weighted by atomic mass is 16.5. The first kappa shape index (κ1) is 11.0. The molecule has 2 rings (SSSR count). The molecule has 0 bridgehead atoms. The number of nitrogen functional groups attached to an aromatic ring is 1. The van der Waals surface area contributed by atoms with Gasteiger partial charge in [0.15, 0.2) is 6.33 Å². The topological polar surface area (TPSA) is 101 Å². The van der Waals surface area contributed by atoms with E-state index in [1.807, 2.05) is 12.1 Å². The summed E-state index contributed by atoms with van der Waals surface area (Å²) in [5.74, 6) is 0.583. The van der Waals surface area contributed by atoms with Crippen LogP contribution in [0, 0.1) is 11.3 Å². The van der Waals surface area contributed by atoms with Crippen LogP contribution in [0.5, 0.6) is 0 Å². The molecule has 0 aliphatic carbocycles. The predicted octanol–water partition coefficient (Wildman–Crippen LogP) is 1.18.